The van der Waals surface area contributed by atoms with Crippen molar-refractivity contribution in [3.63, 3.8) is 0 Å². The molecule has 0 radical (unpaired) electrons. The van der Waals surface area contributed by atoms with Crippen LogP contribution in [-0.2, 0) is 0 Å². The maximum absolute atomic E-state index is 2.42. The van der Waals surface area contributed by atoms with Gasteiger partial charge >= 0.3 is 0 Å². The van der Waals surface area contributed by atoms with Gasteiger partial charge in [0.25, 0.3) is 0 Å². The molecule has 0 bridgehead atoms. The van der Waals surface area contributed by atoms with E-state index < -0.39 is 0 Å². The van der Waals surface area contributed by atoms with Gasteiger partial charge in [-0.25, -0.2) is 0 Å². The number of fused-ring (bicyclic) bond motifs is 6. The molecular weight excluding hydrogens is 619 g/mol. The SMILES string of the molecule is c1ccc(-c2ccc(N(c3ccccc3)c3ccc(-n4c5ccccc5c5cc6c(cc54)c4ccccc4n6-c4ccccc4)cc3)cc2)cc1. The molecule has 0 aliphatic heterocycles. The third-order valence-corrected chi connectivity index (χ3v) is 10.1. The summed E-state index contributed by atoms with van der Waals surface area (Å²) in [5, 5.41) is 4.98. The smallest absolute Gasteiger partial charge is 0.0548 e. The highest BCUT2D eigenvalue weighted by molar-refractivity contribution is 6.19. The second kappa shape index (κ2) is 11.9. The lowest BCUT2D eigenvalue weighted by Crippen LogP contribution is -2.10. The Morgan fingerprint density at radius 3 is 1.22 bits per heavy atom. The summed E-state index contributed by atoms with van der Waals surface area (Å²) in [6.45, 7) is 0. The maximum Gasteiger partial charge on any atom is 0.0548 e. The van der Waals surface area contributed by atoms with E-state index in [2.05, 4.69) is 214 Å². The first-order valence-corrected chi connectivity index (χ1v) is 17.4. The zero-order valence-corrected chi connectivity index (χ0v) is 27.9. The molecule has 3 nitrogen and oxygen atoms in total. The summed E-state index contributed by atoms with van der Waals surface area (Å²) in [4.78, 5) is 2.33. The van der Waals surface area contributed by atoms with Crippen molar-refractivity contribution < 1.29 is 0 Å². The predicted octanol–water partition coefficient (Wildman–Crippen LogP) is 13.0. The monoisotopic (exact) mass is 651 g/mol. The van der Waals surface area contributed by atoms with Crippen LogP contribution in [0.1, 0.15) is 0 Å². The summed E-state index contributed by atoms with van der Waals surface area (Å²) in [6, 6.07) is 72.0. The van der Waals surface area contributed by atoms with E-state index in [4.69, 9.17) is 0 Å². The topological polar surface area (TPSA) is 13.1 Å². The Bertz CT molecular complexity index is 2810. The number of hydrogen-bond donors (Lipinski definition) is 0. The molecule has 8 aromatic carbocycles. The minimum Gasteiger partial charge on any atom is -0.311 e. The fourth-order valence-corrected chi connectivity index (χ4v) is 7.77. The molecule has 0 aliphatic rings. The van der Waals surface area contributed by atoms with Crippen LogP contribution >= 0.6 is 0 Å². The van der Waals surface area contributed by atoms with Crippen molar-refractivity contribution in [1.29, 1.82) is 0 Å². The molecule has 10 rings (SSSR count). The Labute approximate surface area is 296 Å². The maximum atomic E-state index is 2.42. The first-order chi connectivity index (χ1) is 25.3. The van der Waals surface area contributed by atoms with Gasteiger partial charge < -0.3 is 14.0 Å². The summed E-state index contributed by atoms with van der Waals surface area (Å²) in [5.41, 5.74) is 12.9. The van der Waals surface area contributed by atoms with Crippen LogP contribution in [-0.4, -0.2) is 9.13 Å². The molecule has 2 aromatic heterocycles. The Hall–Kier alpha value is -6.84. The van der Waals surface area contributed by atoms with Gasteiger partial charge in [-0.05, 0) is 96.1 Å². The Balaban J connectivity index is 1.13. The molecule has 3 heteroatoms. The number of para-hydroxylation sites is 4. The van der Waals surface area contributed by atoms with E-state index in [0.29, 0.717) is 0 Å². The normalized spacial score (nSPS) is 11.5. The lowest BCUT2D eigenvalue weighted by Gasteiger charge is -2.26. The molecule has 0 amide bonds. The third-order valence-electron chi connectivity index (χ3n) is 10.1. The van der Waals surface area contributed by atoms with Crippen molar-refractivity contribution in [3.8, 4) is 22.5 Å². The fraction of sp³-hybridized carbons (Fsp3) is 0. The average Bonchev–Trinajstić information content (AvgIpc) is 3.71. The first-order valence-electron chi connectivity index (χ1n) is 17.4. The van der Waals surface area contributed by atoms with E-state index in [1.165, 1.54) is 60.4 Å². The van der Waals surface area contributed by atoms with Crippen LogP contribution in [0, 0.1) is 0 Å². The van der Waals surface area contributed by atoms with Gasteiger partial charge in [-0.15, -0.1) is 0 Å². The van der Waals surface area contributed by atoms with E-state index in [1.807, 2.05) is 0 Å². The standard InChI is InChI=1S/C48H33N3/c1-4-14-34(15-5-1)35-24-26-38(27-25-35)49(36-16-6-2-7-17-36)39-28-30-40(31-29-39)51-46-23-13-11-21-42(46)44-32-47-43(33-48(44)51)41-20-10-12-22-45(41)50(47)37-18-8-3-9-19-37/h1-33H. The molecule has 0 saturated heterocycles. The van der Waals surface area contributed by atoms with Crippen LogP contribution in [0.4, 0.5) is 17.1 Å². The van der Waals surface area contributed by atoms with Crippen molar-refractivity contribution in [1.82, 2.24) is 9.13 Å². The summed E-state index contributed by atoms with van der Waals surface area (Å²) in [7, 11) is 0. The van der Waals surface area contributed by atoms with Gasteiger partial charge in [-0.1, -0.05) is 115 Å². The van der Waals surface area contributed by atoms with Gasteiger partial charge in [0.15, 0.2) is 0 Å². The molecule has 0 spiro atoms. The Kier molecular flexibility index (Phi) is 6.81. The number of benzene rings is 8. The third kappa shape index (κ3) is 4.82. The van der Waals surface area contributed by atoms with Gasteiger partial charge in [0.1, 0.15) is 0 Å². The van der Waals surface area contributed by atoms with Crippen LogP contribution in [0.3, 0.4) is 0 Å². The Morgan fingerprint density at radius 1 is 0.275 bits per heavy atom. The van der Waals surface area contributed by atoms with Crippen LogP contribution in [0.25, 0.3) is 66.1 Å². The van der Waals surface area contributed by atoms with Crippen molar-refractivity contribution in [2.75, 3.05) is 4.90 Å². The zero-order valence-electron chi connectivity index (χ0n) is 27.9. The molecule has 0 N–H and O–H groups in total. The summed E-state index contributed by atoms with van der Waals surface area (Å²) >= 11 is 0. The highest BCUT2D eigenvalue weighted by Crippen LogP contribution is 2.41. The number of aromatic nitrogens is 2. The van der Waals surface area contributed by atoms with E-state index in [9.17, 15) is 0 Å². The van der Waals surface area contributed by atoms with Gasteiger partial charge in [0.2, 0.25) is 0 Å². The van der Waals surface area contributed by atoms with E-state index >= 15 is 0 Å². The first kappa shape index (κ1) is 29.1. The number of rotatable bonds is 6. The summed E-state index contributed by atoms with van der Waals surface area (Å²) in [6.07, 6.45) is 0. The lowest BCUT2D eigenvalue weighted by molar-refractivity contribution is 1.17. The number of anilines is 3. The zero-order chi connectivity index (χ0) is 33.7. The molecule has 51 heavy (non-hydrogen) atoms. The Morgan fingerprint density at radius 2 is 0.667 bits per heavy atom. The van der Waals surface area contributed by atoms with E-state index in [1.54, 1.807) is 0 Å². The predicted molar refractivity (Wildman–Crippen MR) is 215 cm³/mol. The van der Waals surface area contributed by atoms with E-state index in [0.717, 1.165) is 22.7 Å². The quantitative estimate of drug-likeness (QED) is 0.174. The van der Waals surface area contributed by atoms with Crippen molar-refractivity contribution in [2.45, 2.75) is 0 Å². The second-order valence-corrected chi connectivity index (χ2v) is 13.0. The van der Waals surface area contributed by atoms with Crippen molar-refractivity contribution in [2.24, 2.45) is 0 Å². The molecule has 0 unspecified atom stereocenters. The van der Waals surface area contributed by atoms with Gasteiger partial charge in [-0.3, -0.25) is 0 Å². The van der Waals surface area contributed by atoms with Crippen LogP contribution in [0.5, 0.6) is 0 Å². The van der Waals surface area contributed by atoms with Gasteiger partial charge in [-0.2, -0.15) is 0 Å². The highest BCUT2D eigenvalue weighted by atomic mass is 15.1. The minimum absolute atomic E-state index is 1.10. The number of hydrogen-bond acceptors (Lipinski definition) is 1. The number of nitrogens with zero attached hydrogens (tertiary/aromatic N) is 3. The largest absolute Gasteiger partial charge is 0.311 e. The van der Waals surface area contributed by atoms with Crippen LogP contribution in [0.15, 0.2) is 200 Å². The lowest BCUT2D eigenvalue weighted by atomic mass is 10.0. The molecule has 0 saturated carbocycles. The highest BCUT2D eigenvalue weighted by Gasteiger charge is 2.19. The molecule has 240 valence electrons. The summed E-state index contributed by atoms with van der Waals surface area (Å²) < 4.78 is 4.82. The molecule has 2 heterocycles. The van der Waals surface area contributed by atoms with Crippen LogP contribution in [0.2, 0.25) is 0 Å². The van der Waals surface area contributed by atoms with Crippen molar-refractivity contribution >= 4 is 60.7 Å². The molecule has 0 fully saturated rings. The summed E-state index contributed by atoms with van der Waals surface area (Å²) in [5.74, 6) is 0. The molecular formula is C48H33N3. The fourth-order valence-electron chi connectivity index (χ4n) is 7.77. The van der Waals surface area contributed by atoms with Gasteiger partial charge in [0.05, 0.1) is 22.1 Å². The average molecular weight is 652 g/mol. The van der Waals surface area contributed by atoms with Crippen molar-refractivity contribution in [3.05, 3.63) is 200 Å². The second-order valence-electron chi connectivity index (χ2n) is 13.0. The molecule has 0 atom stereocenters. The minimum atomic E-state index is 1.10. The van der Waals surface area contributed by atoms with E-state index in [-0.39, 0.29) is 0 Å². The molecule has 0 aliphatic carbocycles. The van der Waals surface area contributed by atoms with Gasteiger partial charge in [0, 0.05) is 50.0 Å². The van der Waals surface area contributed by atoms with Crippen LogP contribution < -0.4 is 4.90 Å². The molecule has 10 aromatic rings.